The van der Waals surface area contributed by atoms with E-state index >= 15 is 0 Å². The fourth-order valence-corrected chi connectivity index (χ4v) is 4.26. The number of fused-ring (bicyclic) bond motifs is 1. The summed E-state index contributed by atoms with van der Waals surface area (Å²) in [6, 6.07) is 20.1. The van der Waals surface area contributed by atoms with Crippen LogP contribution in [0.25, 0.3) is 11.0 Å². The highest BCUT2D eigenvalue weighted by atomic mass is 35.5. The second-order valence-electron chi connectivity index (χ2n) is 7.98. The predicted molar refractivity (Wildman–Crippen MR) is 142 cm³/mol. The van der Waals surface area contributed by atoms with Crippen molar-refractivity contribution < 1.29 is 25.3 Å². The number of aromatic nitrogens is 2. The average molecular weight is 529 g/mol. The minimum Gasteiger partial charge on any atom is -0.481 e. The number of nitrogens with zero attached hydrogens (tertiary/aromatic N) is 2. The van der Waals surface area contributed by atoms with Crippen molar-refractivity contribution in [1.29, 1.82) is 0 Å². The van der Waals surface area contributed by atoms with E-state index in [1.165, 1.54) is 0 Å². The van der Waals surface area contributed by atoms with Gasteiger partial charge < -0.3 is 26.3 Å². The SMILES string of the molecule is O.O=C(O)Cc1ccc(NCn2c(=S)n(CNc3ccc(CC(=O)O)cc3)c3cc(Cl)ccc32)cc1. The molecule has 0 aliphatic rings. The Morgan fingerprint density at radius 3 is 1.64 bits per heavy atom. The molecule has 0 aliphatic carbocycles. The lowest BCUT2D eigenvalue weighted by Gasteiger charge is -2.10. The lowest BCUT2D eigenvalue weighted by Crippen LogP contribution is -2.11. The minimum absolute atomic E-state index is 0. The van der Waals surface area contributed by atoms with Crippen LogP contribution in [0.1, 0.15) is 11.1 Å². The summed E-state index contributed by atoms with van der Waals surface area (Å²) >= 11 is 12.0. The van der Waals surface area contributed by atoms with Gasteiger partial charge in [-0.1, -0.05) is 35.9 Å². The molecule has 0 saturated heterocycles. The van der Waals surface area contributed by atoms with Gasteiger partial charge in [0.1, 0.15) is 0 Å². The first-order valence-electron chi connectivity index (χ1n) is 10.8. The molecule has 1 aromatic heterocycles. The fourth-order valence-electron chi connectivity index (χ4n) is 3.77. The molecule has 0 bridgehead atoms. The summed E-state index contributed by atoms with van der Waals surface area (Å²) in [4.78, 5) is 21.8. The number of carbonyl (C=O) groups is 2. The summed E-state index contributed by atoms with van der Waals surface area (Å²) in [6.07, 6.45) is -0.0402. The third kappa shape index (κ3) is 6.42. The molecule has 1 heterocycles. The van der Waals surface area contributed by atoms with Crippen LogP contribution < -0.4 is 10.6 Å². The van der Waals surface area contributed by atoms with E-state index in [2.05, 4.69) is 10.6 Å². The van der Waals surface area contributed by atoms with Crippen LogP contribution in [0.3, 0.4) is 0 Å². The maximum Gasteiger partial charge on any atom is 0.307 e. The molecule has 4 aromatic rings. The molecule has 0 atom stereocenters. The van der Waals surface area contributed by atoms with Gasteiger partial charge in [0, 0.05) is 16.4 Å². The summed E-state index contributed by atoms with van der Waals surface area (Å²) in [5.74, 6) is -1.74. The summed E-state index contributed by atoms with van der Waals surface area (Å²) in [6.45, 7) is 0.803. The van der Waals surface area contributed by atoms with E-state index in [4.69, 9.17) is 34.0 Å². The Labute approximate surface area is 216 Å². The molecule has 9 nitrogen and oxygen atoms in total. The van der Waals surface area contributed by atoms with Crippen molar-refractivity contribution in [3.8, 4) is 0 Å². The number of rotatable bonds is 10. The number of aliphatic carboxylic acids is 2. The summed E-state index contributed by atoms with van der Waals surface area (Å²) < 4.78 is 4.50. The van der Waals surface area contributed by atoms with Crippen LogP contribution in [0.4, 0.5) is 11.4 Å². The number of carboxylic acid groups (broad SMARTS) is 2. The van der Waals surface area contributed by atoms with Crippen LogP contribution in [-0.2, 0) is 35.8 Å². The maximum atomic E-state index is 10.9. The van der Waals surface area contributed by atoms with E-state index < -0.39 is 11.9 Å². The first-order valence-corrected chi connectivity index (χ1v) is 11.6. The lowest BCUT2D eigenvalue weighted by molar-refractivity contribution is -0.137. The Morgan fingerprint density at radius 1 is 0.750 bits per heavy atom. The predicted octanol–water partition coefficient (Wildman–Crippen LogP) is 4.39. The molecule has 188 valence electrons. The second kappa shape index (κ2) is 11.7. The largest absolute Gasteiger partial charge is 0.481 e. The van der Waals surface area contributed by atoms with E-state index in [0.717, 1.165) is 33.5 Å². The van der Waals surface area contributed by atoms with Gasteiger partial charge in [0.25, 0.3) is 0 Å². The topological polar surface area (TPSA) is 140 Å². The maximum absolute atomic E-state index is 10.9. The van der Waals surface area contributed by atoms with Crippen LogP contribution in [0.15, 0.2) is 66.7 Å². The third-order valence-corrected chi connectivity index (χ3v) is 6.16. The van der Waals surface area contributed by atoms with Gasteiger partial charge in [-0.25, -0.2) is 0 Å². The second-order valence-corrected chi connectivity index (χ2v) is 8.78. The molecular weight excluding hydrogens is 504 g/mol. The Bertz CT molecular complexity index is 1430. The number of benzene rings is 3. The van der Waals surface area contributed by atoms with Crippen molar-refractivity contribution in [3.63, 3.8) is 0 Å². The van der Waals surface area contributed by atoms with E-state index in [1.807, 2.05) is 51.6 Å². The van der Waals surface area contributed by atoms with Gasteiger partial charge in [0.15, 0.2) is 4.77 Å². The van der Waals surface area contributed by atoms with Gasteiger partial charge in [0.05, 0.1) is 37.2 Å². The number of anilines is 2. The zero-order valence-corrected chi connectivity index (χ0v) is 20.6. The zero-order valence-electron chi connectivity index (χ0n) is 19.1. The van der Waals surface area contributed by atoms with Crippen LogP contribution >= 0.6 is 23.8 Å². The number of hydrogen-bond donors (Lipinski definition) is 4. The van der Waals surface area contributed by atoms with Gasteiger partial charge in [0.2, 0.25) is 0 Å². The van der Waals surface area contributed by atoms with Gasteiger partial charge in [-0.2, -0.15) is 0 Å². The van der Waals surface area contributed by atoms with Crippen molar-refractivity contribution in [2.75, 3.05) is 10.6 Å². The highest BCUT2D eigenvalue weighted by Crippen LogP contribution is 2.23. The molecular formula is C25H25ClN4O5S. The van der Waals surface area contributed by atoms with Crippen LogP contribution in [0.5, 0.6) is 0 Å². The first-order chi connectivity index (χ1) is 16.8. The Kier molecular flexibility index (Phi) is 8.70. The molecule has 0 spiro atoms. The van der Waals surface area contributed by atoms with E-state index in [0.29, 0.717) is 23.1 Å². The average Bonchev–Trinajstić information content (AvgIpc) is 3.07. The normalized spacial score (nSPS) is 10.6. The molecule has 0 unspecified atom stereocenters. The number of nitrogens with one attached hydrogen (secondary N) is 2. The molecule has 6 N–H and O–H groups in total. The highest BCUT2D eigenvalue weighted by Gasteiger charge is 2.12. The number of hydrogen-bond acceptors (Lipinski definition) is 5. The van der Waals surface area contributed by atoms with E-state index in [1.54, 1.807) is 24.3 Å². The van der Waals surface area contributed by atoms with Gasteiger partial charge >= 0.3 is 11.9 Å². The summed E-state index contributed by atoms with van der Waals surface area (Å²) in [5, 5.41) is 25.1. The molecule has 3 aromatic carbocycles. The van der Waals surface area contributed by atoms with Crippen molar-refractivity contribution in [2.45, 2.75) is 26.2 Å². The summed E-state index contributed by atoms with van der Waals surface area (Å²) in [5.41, 5.74) is 4.92. The number of imidazole rings is 1. The Morgan fingerprint density at radius 2 is 1.19 bits per heavy atom. The number of halogens is 1. The van der Waals surface area contributed by atoms with E-state index in [9.17, 15) is 9.59 Å². The van der Waals surface area contributed by atoms with Gasteiger partial charge in [-0.3, -0.25) is 18.7 Å². The third-order valence-electron chi connectivity index (χ3n) is 5.48. The van der Waals surface area contributed by atoms with Gasteiger partial charge in [-0.05, 0) is 65.8 Å². The molecule has 11 heteroatoms. The molecule has 0 aliphatic heterocycles. The molecule has 0 fully saturated rings. The molecule has 36 heavy (non-hydrogen) atoms. The quantitative estimate of drug-likeness (QED) is 0.224. The van der Waals surface area contributed by atoms with Crippen molar-refractivity contribution >= 4 is 58.2 Å². The van der Waals surface area contributed by atoms with Crippen LogP contribution in [-0.4, -0.2) is 36.8 Å². The van der Waals surface area contributed by atoms with Crippen molar-refractivity contribution in [3.05, 3.63) is 87.7 Å². The Balaban J connectivity index is 0.00000361. The molecule has 0 saturated carbocycles. The van der Waals surface area contributed by atoms with Crippen molar-refractivity contribution in [1.82, 2.24) is 9.13 Å². The van der Waals surface area contributed by atoms with Gasteiger partial charge in [-0.15, -0.1) is 0 Å². The molecule has 0 amide bonds. The number of carboxylic acids is 2. The molecule has 4 rings (SSSR count). The summed E-state index contributed by atoms with van der Waals surface area (Å²) in [7, 11) is 0. The molecule has 0 radical (unpaired) electrons. The standard InChI is InChI=1S/C25H23ClN4O4S.H2O/c26-18-5-10-21-22(13-18)30(15-28-20-8-3-17(4-9-20)12-24(33)34)25(35)29(21)14-27-19-6-1-16(2-7-19)11-23(31)32;/h1-10,13,27-28H,11-12,14-15H2,(H,31,32)(H,33,34);1H2. The first kappa shape index (κ1) is 26.7. The highest BCUT2D eigenvalue weighted by molar-refractivity contribution is 7.71. The Hall–Kier alpha value is -3.86. The van der Waals surface area contributed by atoms with E-state index in [-0.39, 0.29) is 18.3 Å². The zero-order chi connectivity index (χ0) is 24.9. The van der Waals surface area contributed by atoms with Crippen LogP contribution in [0.2, 0.25) is 5.02 Å². The fraction of sp³-hybridized carbons (Fsp3) is 0.160. The smallest absolute Gasteiger partial charge is 0.307 e. The minimum atomic E-state index is -0.869. The lowest BCUT2D eigenvalue weighted by atomic mass is 10.1. The monoisotopic (exact) mass is 528 g/mol. The van der Waals surface area contributed by atoms with Crippen molar-refractivity contribution in [2.24, 2.45) is 0 Å². The van der Waals surface area contributed by atoms with Crippen LogP contribution in [0, 0.1) is 4.77 Å².